The minimum Gasteiger partial charge on any atom is -0.478 e. The number of nitrogen functional groups attached to an aromatic ring is 1. The minimum atomic E-state index is -1.23. The predicted octanol–water partition coefficient (Wildman–Crippen LogP) is 0.551. The second-order valence-electron chi connectivity index (χ2n) is 3.90. The van der Waals surface area contributed by atoms with E-state index in [2.05, 4.69) is 0 Å². The van der Waals surface area contributed by atoms with Crippen molar-refractivity contribution in [2.24, 2.45) is 0 Å². The van der Waals surface area contributed by atoms with Crippen LogP contribution in [-0.2, 0) is 4.74 Å². The fourth-order valence-electron chi connectivity index (χ4n) is 1.68. The molecule has 0 radical (unpaired) electrons. The number of benzene rings is 1. The molecule has 106 valence electrons. The Hall–Kier alpha value is -1.86. The van der Waals surface area contributed by atoms with E-state index in [1.54, 1.807) is 0 Å². The van der Waals surface area contributed by atoms with Crippen molar-refractivity contribution in [3.8, 4) is 0 Å². The summed E-state index contributed by atoms with van der Waals surface area (Å²) in [5, 5.41) is 17.9. The van der Waals surface area contributed by atoms with Crippen molar-refractivity contribution in [3.05, 3.63) is 23.5 Å². The molecule has 0 heterocycles. The normalized spacial score (nSPS) is 10.5. The van der Waals surface area contributed by atoms with Crippen LogP contribution in [0.25, 0.3) is 0 Å². The third-order valence-electron chi connectivity index (χ3n) is 2.63. The summed E-state index contributed by atoms with van der Waals surface area (Å²) < 4.78 is 18.8. The number of aliphatic hydroxyl groups is 1. The minimum absolute atomic E-state index is 0.0812. The first kappa shape index (κ1) is 15.2. The molecule has 0 aliphatic carbocycles. The highest BCUT2D eigenvalue weighted by Gasteiger charge is 2.17. The average Bonchev–Trinajstić information content (AvgIpc) is 2.34. The molecule has 19 heavy (non-hydrogen) atoms. The number of nitrogens with zero attached hydrogens (tertiary/aromatic N) is 1. The Kier molecular flexibility index (Phi) is 5.53. The SMILES string of the molecule is COCCN(CCO)c1cc(C(=O)O)c(N)cc1F. The second kappa shape index (κ2) is 6.91. The number of ether oxygens (including phenoxy) is 1. The number of hydrogen-bond acceptors (Lipinski definition) is 5. The van der Waals surface area contributed by atoms with Gasteiger partial charge in [0.2, 0.25) is 0 Å². The Bertz CT molecular complexity index is 454. The van der Waals surface area contributed by atoms with E-state index in [4.69, 9.17) is 20.7 Å². The number of nitrogens with two attached hydrogens (primary N) is 1. The first-order valence-electron chi connectivity index (χ1n) is 5.68. The Morgan fingerprint density at radius 2 is 2.16 bits per heavy atom. The number of carbonyl (C=O) groups is 1. The molecular weight excluding hydrogens is 255 g/mol. The van der Waals surface area contributed by atoms with E-state index in [0.29, 0.717) is 13.2 Å². The van der Waals surface area contributed by atoms with Gasteiger partial charge in [0.15, 0.2) is 0 Å². The number of rotatable bonds is 7. The maximum absolute atomic E-state index is 13.9. The van der Waals surface area contributed by atoms with Gasteiger partial charge in [0.1, 0.15) is 5.82 Å². The van der Waals surface area contributed by atoms with E-state index < -0.39 is 11.8 Å². The number of hydrogen-bond donors (Lipinski definition) is 3. The summed E-state index contributed by atoms with van der Waals surface area (Å²) >= 11 is 0. The molecule has 7 heteroatoms. The average molecular weight is 272 g/mol. The highest BCUT2D eigenvalue weighted by atomic mass is 19.1. The van der Waals surface area contributed by atoms with Gasteiger partial charge in [-0.2, -0.15) is 0 Å². The Balaban J connectivity index is 3.13. The molecular formula is C12H17FN2O4. The van der Waals surface area contributed by atoms with Gasteiger partial charge in [0.05, 0.1) is 24.5 Å². The van der Waals surface area contributed by atoms with Gasteiger partial charge in [-0.3, -0.25) is 0 Å². The van der Waals surface area contributed by atoms with Crippen LogP contribution in [0.15, 0.2) is 12.1 Å². The number of aromatic carboxylic acids is 1. The highest BCUT2D eigenvalue weighted by molar-refractivity contribution is 5.95. The quantitative estimate of drug-likeness (QED) is 0.627. The molecule has 0 fully saturated rings. The fraction of sp³-hybridized carbons (Fsp3) is 0.417. The molecule has 0 amide bonds. The number of anilines is 2. The van der Waals surface area contributed by atoms with Crippen LogP contribution in [0.4, 0.5) is 15.8 Å². The van der Waals surface area contributed by atoms with Gasteiger partial charge in [-0.15, -0.1) is 0 Å². The van der Waals surface area contributed by atoms with E-state index in [-0.39, 0.29) is 30.1 Å². The van der Waals surface area contributed by atoms with Crippen LogP contribution in [0.5, 0.6) is 0 Å². The van der Waals surface area contributed by atoms with Crippen LogP contribution in [0.3, 0.4) is 0 Å². The zero-order valence-corrected chi connectivity index (χ0v) is 10.6. The largest absolute Gasteiger partial charge is 0.478 e. The van der Waals surface area contributed by atoms with Gasteiger partial charge in [0, 0.05) is 25.9 Å². The molecule has 0 bridgehead atoms. The number of carboxylic acid groups (broad SMARTS) is 1. The summed E-state index contributed by atoms with van der Waals surface area (Å²) in [7, 11) is 1.50. The fourth-order valence-corrected chi connectivity index (χ4v) is 1.68. The van der Waals surface area contributed by atoms with Crippen LogP contribution in [0.2, 0.25) is 0 Å². The number of carboxylic acids is 1. The molecule has 0 saturated heterocycles. The highest BCUT2D eigenvalue weighted by Crippen LogP contribution is 2.25. The third-order valence-corrected chi connectivity index (χ3v) is 2.63. The van der Waals surface area contributed by atoms with Crippen molar-refractivity contribution < 1.29 is 24.1 Å². The Morgan fingerprint density at radius 1 is 1.47 bits per heavy atom. The molecule has 1 aromatic carbocycles. The third kappa shape index (κ3) is 3.80. The van der Waals surface area contributed by atoms with Gasteiger partial charge in [-0.25, -0.2) is 9.18 Å². The lowest BCUT2D eigenvalue weighted by atomic mass is 10.1. The van der Waals surface area contributed by atoms with E-state index in [1.165, 1.54) is 18.1 Å². The lowest BCUT2D eigenvalue weighted by Crippen LogP contribution is -2.31. The van der Waals surface area contributed by atoms with Crippen LogP contribution >= 0.6 is 0 Å². The molecule has 0 spiro atoms. The zero-order chi connectivity index (χ0) is 14.4. The number of aliphatic hydroxyl groups excluding tert-OH is 1. The van der Waals surface area contributed by atoms with Crippen molar-refractivity contribution in [2.45, 2.75) is 0 Å². The Labute approximate surface area is 110 Å². The molecule has 0 unspecified atom stereocenters. The van der Waals surface area contributed by atoms with Crippen LogP contribution in [0.1, 0.15) is 10.4 Å². The summed E-state index contributed by atoms with van der Waals surface area (Å²) in [6.07, 6.45) is 0. The topological polar surface area (TPSA) is 96.0 Å². The van der Waals surface area contributed by atoms with Crippen molar-refractivity contribution in [1.82, 2.24) is 0 Å². The van der Waals surface area contributed by atoms with Gasteiger partial charge >= 0.3 is 5.97 Å². The monoisotopic (exact) mass is 272 g/mol. The lowest BCUT2D eigenvalue weighted by Gasteiger charge is -2.24. The maximum atomic E-state index is 13.9. The maximum Gasteiger partial charge on any atom is 0.337 e. The van der Waals surface area contributed by atoms with E-state index in [0.717, 1.165) is 6.07 Å². The molecule has 4 N–H and O–H groups in total. The van der Waals surface area contributed by atoms with Crippen LogP contribution in [-0.4, -0.2) is 49.6 Å². The first-order valence-corrected chi connectivity index (χ1v) is 5.68. The number of methoxy groups -OCH3 is 1. The zero-order valence-electron chi connectivity index (χ0n) is 10.6. The van der Waals surface area contributed by atoms with Crippen molar-refractivity contribution in [1.29, 1.82) is 0 Å². The summed E-state index contributed by atoms with van der Waals surface area (Å²) in [5.41, 5.74) is 5.23. The van der Waals surface area contributed by atoms with Crippen molar-refractivity contribution >= 4 is 17.3 Å². The Morgan fingerprint density at radius 3 is 2.68 bits per heavy atom. The summed E-state index contributed by atoms with van der Waals surface area (Å²) in [5.74, 6) is -1.86. The van der Waals surface area contributed by atoms with Gasteiger partial charge in [-0.05, 0) is 12.1 Å². The van der Waals surface area contributed by atoms with Gasteiger partial charge in [-0.1, -0.05) is 0 Å². The first-order chi connectivity index (χ1) is 9.01. The summed E-state index contributed by atoms with van der Waals surface area (Å²) in [6, 6.07) is 2.13. The van der Waals surface area contributed by atoms with Gasteiger partial charge < -0.3 is 25.6 Å². The molecule has 0 aromatic heterocycles. The van der Waals surface area contributed by atoms with Crippen molar-refractivity contribution in [2.75, 3.05) is 44.0 Å². The predicted molar refractivity (Wildman–Crippen MR) is 68.9 cm³/mol. The molecule has 0 aliphatic rings. The molecule has 0 saturated carbocycles. The second-order valence-corrected chi connectivity index (χ2v) is 3.90. The van der Waals surface area contributed by atoms with Crippen LogP contribution in [0, 0.1) is 5.82 Å². The molecule has 1 aromatic rings. The van der Waals surface area contributed by atoms with E-state index >= 15 is 0 Å². The standard InChI is InChI=1S/C12H17FN2O4/c1-19-5-3-15(2-4-16)11-6-8(12(17)18)10(14)7-9(11)13/h6-7,16H,2-5,14H2,1H3,(H,17,18). The molecule has 1 rings (SSSR count). The smallest absolute Gasteiger partial charge is 0.337 e. The van der Waals surface area contributed by atoms with Gasteiger partial charge in [0.25, 0.3) is 0 Å². The summed E-state index contributed by atoms with van der Waals surface area (Å²) in [6.45, 7) is 0.641. The van der Waals surface area contributed by atoms with E-state index in [1.807, 2.05) is 0 Å². The molecule has 0 atom stereocenters. The lowest BCUT2D eigenvalue weighted by molar-refractivity contribution is 0.0698. The summed E-state index contributed by atoms with van der Waals surface area (Å²) in [4.78, 5) is 12.5. The number of halogens is 1. The molecule has 6 nitrogen and oxygen atoms in total. The van der Waals surface area contributed by atoms with Crippen molar-refractivity contribution in [3.63, 3.8) is 0 Å². The van der Waals surface area contributed by atoms with Crippen LogP contribution < -0.4 is 10.6 Å². The van der Waals surface area contributed by atoms with E-state index in [9.17, 15) is 9.18 Å². The molecule has 0 aliphatic heterocycles.